The summed E-state index contributed by atoms with van der Waals surface area (Å²) < 4.78 is 5.48. The Hall–Kier alpha value is -2.33. The molecule has 0 aliphatic carbocycles. The number of carbonyl (C=O) groups is 1. The van der Waals surface area contributed by atoms with Gasteiger partial charge in [0.2, 0.25) is 0 Å². The van der Waals surface area contributed by atoms with Crippen molar-refractivity contribution in [3.8, 4) is 5.75 Å². The number of amides is 1. The second-order valence-corrected chi connectivity index (χ2v) is 6.34. The van der Waals surface area contributed by atoms with Gasteiger partial charge >= 0.3 is 0 Å². The fourth-order valence-electron chi connectivity index (χ4n) is 3.37. The molecule has 2 aromatic carbocycles. The summed E-state index contributed by atoms with van der Waals surface area (Å²) in [7, 11) is 0. The van der Waals surface area contributed by atoms with Gasteiger partial charge in [-0.05, 0) is 56.6 Å². The third-order valence-electron chi connectivity index (χ3n) is 4.63. The first kappa shape index (κ1) is 17.5. The van der Waals surface area contributed by atoms with Gasteiger partial charge in [-0.15, -0.1) is 0 Å². The highest BCUT2D eigenvalue weighted by atomic mass is 16.5. The fraction of sp³-hybridized carbons (Fsp3) is 0.381. The number of benzene rings is 2. The molecular weight excluding hydrogens is 312 g/mol. The summed E-state index contributed by atoms with van der Waals surface area (Å²) in [6.07, 6.45) is 2.46. The Kier molecular flexibility index (Phi) is 6.07. The van der Waals surface area contributed by atoms with E-state index in [9.17, 15) is 4.79 Å². The largest absolute Gasteiger partial charge is 0.494 e. The second kappa shape index (κ2) is 8.67. The molecule has 0 saturated carbocycles. The van der Waals surface area contributed by atoms with Gasteiger partial charge in [0.25, 0.3) is 5.91 Å². The van der Waals surface area contributed by atoms with Crippen molar-refractivity contribution >= 4 is 5.91 Å². The zero-order valence-corrected chi connectivity index (χ0v) is 14.8. The molecule has 1 atom stereocenters. The minimum atomic E-state index is -0.0540. The first-order chi connectivity index (χ1) is 12.3. The van der Waals surface area contributed by atoms with Crippen molar-refractivity contribution in [2.75, 3.05) is 26.2 Å². The van der Waals surface area contributed by atoms with Crippen LogP contribution in [0.3, 0.4) is 0 Å². The van der Waals surface area contributed by atoms with Crippen LogP contribution in [0.4, 0.5) is 0 Å². The predicted molar refractivity (Wildman–Crippen MR) is 99.9 cm³/mol. The molecule has 3 rings (SSSR count). The Labute approximate surface area is 149 Å². The smallest absolute Gasteiger partial charge is 0.251 e. The van der Waals surface area contributed by atoms with Crippen LogP contribution < -0.4 is 10.1 Å². The molecule has 0 spiro atoms. The Morgan fingerprint density at radius 1 is 1.12 bits per heavy atom. The topological polar surface area (TPSA) is 41.6 Å². The molecule has 0 aromatic heterocycles. The quantitative estimate of drug-likeness (QED) is 0.838. The van der Waals surface area contributed by atoms with Gasteiger partial charge in [0.1, 0.15) is 5.75 Å². The van der Waals surface area contributed by atoms with Crippen LogP contribution in [-0.2, 0) is 0 Å². The summed E-state index contributed by atoms with van der Waals surface area (Å²) >= 11 is 0. The van der Waals surface area contributed by atoms with E-state index < -0.39 is 0 Å². The van der Waals surface area contributed by atoms with Crippen LogP contribution in [0, 0.1) is 0 Å². The van der Waals surface area contributed by atoms with Crippen LogP contribution in [0.25, 0.3) is 0 Å². The van der Waals surface area contributed by atoms with Crippen LogP contribution in [0.5, 0.6) is 5.75 Å². The molecule has 4 nitrogen and oxygen atoms in total. The molecule has 1 amide bonds. The highest BCUT2D eigenvalue weighted by Gasteiger charge is 2.24. The molecule has 2 aromatic rings. The number of hydrogen-bond donors (Lipinski definition) is 1. The summed E-state index contributed by atoms with van der Waals surface area (Å²) in [6.45, 7) is 5.33. The van der Waals surface area contributed by atoms with Gasteiger partial charge in [-0.25, -0.2) is 0 Å². The average molecular weight is 338 g/mol. The highest BCUT2D eigenvalue weighted by Crippen LogP contribution is 2.24. The second-order valence-electron chi connectivity index (χ2n) is 6.34. The van der Waals surface area contributed by atoms with E-state index in [0.717, 1.165) is 18.8 Å². The number of likely N-dealkylation sites (tertiary alicyclic amines) is 1. The number of ether oxygens (including phenoxy) is 1. The normalized spacial score (nSPS) is 15.7. The van der Waals surface area contributed by atoms with Crippen molar-refractivity contribution in [2.24, 2.45) is 0 Å². The summed E-state index contributed by atoms with van der Waals surface area (Å²) in [4.78, 5) is 15.0. The molecular formula is C21H26N2O2. The summed E-state index contributed by atoms with van der Waals surface area (Å²) in [5, 5.41) is 3.11. The zero-order valence-electron chi connectivity index (χ0n) is 14.8. The number of nitrogens with zero attached hydrogens (tertiary/aromatic N) is 1. The van der Waals surface area contributed by atoms with Crippen molar-refractivity contribution in [3.05, 3.63) is 65.7 Å². The van der Waals surface area contributed by atoms with Crippen molar-refractivity contribution < 1.29 is 9.53 Å². The Balaban J connectivity index is 1.68. The molecule has 132 valence electrons. The van der Waals surface area contributed by atoms with E-state index in [1.54, 1.807) is 6.07 Å². The van der Waals surface area contributed by atoms with Gasteiger partial charge in [-0.2, -0.15) is 0 Å². The SMILES string of the molecule is CCOc1cccc(C(=O)NC[C@H](c2ccccc2)N2CCCC2)c1. The van der Waals surface area contributed by atoms with E-state index >= 15 is 0 Å². The molecule has 1 aliphatic rings. The van der Waals surface area contributed by atoms with Crippen LogP contribution in [0.2, 0.25) is 0 Å². The first-order valence-corrected chi connectivity index (χ1v) is 9.08. The standard InChI is InChI=1S/C21H26N2O2/c1-2-25-19-12-8-11-18(15-19)21(24)22-16-20(23-13-6-7-14-23)17-9-4-3-5-10-17/h3-5,8-12,15,20H,2,6-7,13-14,16H2,1H3,(H,22,24)/t20-/m1/s1. The van der Waals surface area contributed by atoms with E-state index in [-0.39, 0.29) is 11.9 Å². The van der Waals surface area contributed by atoms with E-state index in [1.165, 1.54) is 18.4 Å². The van der Waals surface area contributed by atoms with E-state index in [1.807, 2.05) is 31.2 Å². The van der Waals surface area contributed by atoms with Gasteiger partial charge in [-0.3, -0.25) is 9.69 Å². The molecule has 0 radical (unpaired) electrons. The fourth-order valence-corrected chi connectivity index (χ4v) is 3.37. The van der Waals surface area contributed by atoms with Gasteiger partial charge in [-0.1, -0.05) is 36.4 Å². The lowest BCUT2D eigenvalue weighted by molar-refractivity contribution is 0.0937. The Morgan fingerprint density at radius 2 is 1.88 bits per heavy atom. The first-order valence-electron chi connectivity index (χ1n) is 9.08. The third kappa shape index (κ3) is 4.60. The lowest BCUT2D eigenvalue weighted by atomic mass is 10.1. The van der Waals surface area contributed by atoms with Crippen LogP contribution in [-0.4, -0.2) is 37.0 Å². The van der Waals surface area contributed by atoms with E-state index in [0.29, 0.717) is 18.7 Å². The molecule has 1 N–H and O–H groups in total. The van der Waals surface area contributed by atoms with Crippen LogP contribution in [0.15, 0.2) is 54.6 Å². The lowest BCUT2D eigenvalue weighted by Crippen LogP contribution is -2.36. The van der Waals surface area contributed by atoms with Gasteiger partial charge in [0.15, 0.2) is 0 Å². The minimum absolute atomic E-state index is 0.0540. The maximum absolute atomic E-state index is 12.6. The average Bonchev–Trinajstić information content (AvgIpc) is 3.18. The van der Waals surface area contributed by atoms with Crippen LogP contribution in [0.1, 0.15) is 41.7 Å². The monoisotopic (exact) mass is 338 g/mol. The molecule has 1 saturated heterocycles. The summed E-state index contributed by atoms with van der Waals surface area (Å²) in [5.74, 6) is 0.677. The third-order valence-corrected chi connectivity index (χ3v) is 4.63. The molecule has 0 bridgehead atoms. The van der Waals surface area contributed by atoms with E-state index in [4.69, 9.17) is 4.74 Å². The lowest BCUT2D eigenvalue weighted by Gasteiger charge is -2.28. The van der Waals surface area contributed by atoms with E-state index in [2.05, 4.69) is 34.5 Å². The van der Waals surface area contributed by atoms with Gasteiger partial charge in [0, 0.05) is 12.1 Å². The molecule has 1 aliphatic heterocycles. The highest BCUT2D eigenvalue weighted by molar-refractivity contribution is 5.94. The van der Waals surface area contributed by atoms with Gasteiger partial charge < -0.3 is 10.1 Å². The van der Waals surface area contributed by atoms with Crippen LogP contribution >= 0.6 is 0 Å². The predicted octanol–water partition coefficient (Wildman–Crippen LogP) is 3.65. The van der Waals surface area contributed by atoms with Gasteiger partial charge in [0.05, 0.1) is 12.6 Å². The molecule has 4 heteroatoms. The molecule has 0 unspecified atom stereocenters. The van der Waals surface area contributed by atoms with Crippen molar-refractivity contribution in [1.82, 2.24) is 10.2 Å². The maximum Gasteiger partial charge on any atom is 0.251 e. The Morgan fingerprint density at radius 3 is 2.60 bits per heavy atom. The number of carbonyl (C=O) groups excluding carboxylic acids is 1. The number of rotatable bonds is 7. The van der Waals surface area contributed by atoms with Crippen molar-refractivity contribution in [2.45, 2.75) is 25.8 Å². The summed E-state index contributed by atoms with van der Waals surface area (Å²) in [6, 6.07) is 18.0. The Bertz CT molecular complexity index is 681. The molecule has 1 heterocycles. The molecule has 1 fully saturated rings. The minimum Gasteiger partial charge on any atom is -0.494 e. The molecule has 25 heavy (non-hydrogen) atoms. The summed E-state index contributed by atoms with van der Waals surface area (Å²) in [5.41, 5.74) is 1.90. The zero-order chi connectivity index (χ0) is 17.5. The number of hydrogen-bond acceptors (Lipinski definition) is 3. The van der Waals surface area contributed by atoms with Crippen molar-refractivity contribution in [1.29, 1.82) is 0 Å². The van der Waals surface area contributed by atoms with Crippen molar-refractivity contribution in [3.63, 3.8) is 0 Å². The number of nitrogens with one attached hydrogen (secondary N) is 1. The maximum atomic E-state index is 12.6.